The molecule has 1 amide bonds. The van der Waals surface area contributed by atoms with Crippen LogP contribution in [0.25, 0.3) is 0 Å². The van der Waals surface area contributed by atoms with Crippen molar-refractivity contribution in [2.45, 2.75) is 4.21 Å². The van der Waals surface area contributed by atoms with Crippen LogP contribution in [-0.4, -0.2) is 63.3 Å². The van der Waals surface area contributed by atoms with Crippen molar-refractivity contribution < 1.29 is 13.2 Å². The van der Waals surface area contributed by atoms with Crippen molar-refractivity contribution in [2.24, 2.45) is 0 Å². The second-order valence-electron chi connectivity index (χ2n) is 4.41. The predicted molar refractivity (Wildman–Crippen MR) is 81.3 cm³/mol. The Morgan fingerprint density at radius 1 is 1.35 bits per heavy atom. The van der Waals surface area contributed by atoms with Gasteiger partial charge in [-0.25, -0.2) is 8.42 Å². The molecule has 112 valence electrons. The van der Waals surface area contributed by atoms with Crippen molar-refractivity contribution >= 4 is 43.2 Å². The van der Waals surface area contributed by atoms with Crippen LogP contribution < -0.4 is 5.32 Å². The third kappa shape index (κ3) is 3.59. The number of halogens is 1. The zero-order valence-electron chi connectivity index (χ0n) is 11.0. The number of piperazine rings is 1. The van der Waals surface area contributed by atoms with Gasteiger partial charge in [0.05, 0.1) is 10.3 Å². The van der Waals surface area contributed by atoms with Crippen LogP contribution in [0.15, 0.2) is 20.1 Å². The average molecular weight is 382 g/mol. The van der Waals surface area contributed by atoms with Crippen molar-refractivity contribution in [1.82, 2.24) is 14.5 Å². The molecule has 0 aromatic carbocycles. The smallest absolute Gasteiger partial charge is 0.252 e. The average Bonchev–Trinajstić information content (AvgIpc) is 2.86. The van der Waals surface area contributed by atoms with Gasteiger partial charge < -0.3 is 5.32 Å². The van der Waals surface area contributed by atoms with Crippen LogP contribution in [0.3, 0.4) is 0 Å². The quantitative estimate of drug-likeness (QED) is 0.827. The molecule has 2 heterocycles. The molecule has 6 nitrogen and oxygen atoms in total. The minimum atomic E-state index is -3.40. The Balaban J connectivity index is 1.98. The first-order valence-corrected chi connectivity index (χ1v) is 9.17. The summed E-state index contributed by atoms with van der Waals surface area (Å²) in [7, 11) is -1.81. The normalized spacial score (nSPS) is 18.1. The maximum Gasteiger partial charge on any atom is 0.252 e. The van der Waals surface area contributed by atoms with Crippen molar-refractivity contribution in [1.29, 1.82) is 0 Å². The van der Waals surface area contributed by atoms with Crippen LogP contribution in [-0.2, 0) is 14.8 Å². The number of rotatable bonds is 4. The van der Waals surface area contributed by atoms with Gasteiger partial charge in [0.25, 0.3) is 10.0 Å². The molecule has 20 heavy (non-hydrogen) atoms. The van der Waals surface area contributed by atoms with Gasteiger partial charge in [0.1, 0.15) is 4.21 Å². The number of amides is 1. The van der Waals surface area contributed by atoms with Crippen LogP contribution in [0.2, 0.25) is 0 Å². The van der Waals surface area contributed by atoms with E-state index < -0.39 is 10.0 Å². The highest BCUT2D eigenvalue weighted by atomic mass is 79.9. The maximum absolute atomic E-state index is 12.4. The molecule has 1 aromatic heterocycles. The molecule has 0 saturated carbocycles. The van der Waals surface area contributed by atoms with Crippen LogP contribution in [0, 0.1) is 0 Å². The monoisotopic (exact) mass is 381 g/mol. The predicted octanol–water partition coefficient (Wildman–Crippen LogP) is 0.563. The summed E-state index contributed by atoms with van der Waals surface area (Å²) >= 11 is 4.49. The molecular weight excluding hydrogens is 366 g/mol. The van der Waals surface area contributed by atoms with Crippen molar-refractivity contribution in [2.75, 3.05) is 39.8 Å². The van der Waals surface area contributed by atoms with Gasteiger partial charge >= 0.3 is 0 Å². The van der Waals surface area contributed by atoms with E-state index in [4.69, 9.17) is 0 Å². The molecule has 9 heteroatoms. The van der Waals surface area contributed by atoms with E-state index in [9.17, 15) is 13.2 Å². The molecule has 1 fully saturated rings. The standard InChI is InChI=1S/C11H16BrN3O3S2/c1-13-10(16)8-14-4-6-15(7-5-14)20(17,18)11-3-2-9(12)19-11/h2-3H,4-8H2,1H3,(H,13,16). The van der Waals surface area contributed by atoms with E-state index in [1.165, 1.54) is 15.6 Å². The van der Waals surface area contributed by atoms with Gasteiger partial charge in [-0.05, 0) is 28.1 Å². The molecule has 0 spiro atoms. The lowest BCUT2D eigenvalue weighted by molar-refractivity contribution is -0.122. The number of hydrogen-bond acceptors (Lipinski definition) is 5. The van der Waals surface area contributed by atoms with Gasteiger partial charge in [-0.1, -0.05) is 0 Å². The van der Waals surface area contributed by atoms with Gasteiger partial charge in [0, 0.05) is 33.2 Å². The van der Waals surface area contributed by atoms with E-state index in [0.29, 0.717) is 36.9 Å². The van der Waals surface area contributed by atoms with Crippen LogP contribution >= 0.6 is 27.3 Å². The number of carbonyl (C=O) groups excluding carboxylic acids is 1. The first-order chi connectivity index (χ1) is 9.43. The molecule has 0 bridgehead atoms. The molecule has 2 rings (SSSR count). The van der Waals surface area contributed by atoms with E-state index in [1.807, 2.05) is 4.90 Å². The number of hydrogen-bond donors (Lipinski definition) is 1. The number of nitrogens with zero attached hydrogens (tertiary/aromatic N) is 2. The summed E-state index contributed by atoms with van der Waals surface area (Å²) in [6.07, 6.45) is 0. The third-order valence-electron chi connectivity index (χ3n) is 3.12. The number of sulfonamides is 1. The Bertz CT molecular complexity index is 579. The van der Waals surface area contributed by atoms with Crippen molar-refractivity contribution in [3.8, 4) is 0 Å². The van der Waals surface area contributed by atoms with E-state index in [-0.39, 0.29) is 5.91 Å². The number of carbonyl (C=O) groups is 1. The fourth-order valence-corrected chi connectivity index (χ4v) is 5.56. The Hall–Kier alpha value is -0.480. The highest BCUT2D eigenvalue weighted by Gasteiger charge is 2.29. The van der Waals surface area contributed by atoms with Gasteiger partial charge in [-0.3, -0.25) is 9.69 Å². The lowest BCUT2D eigenvalue weighted by atomic mass is 10.3. The summed E-state index contributed by atoms with van der Waals surface area (Å²) in [6, 6.07) is 3.35. The molecular formula is C11H16BrN3O3S2. The summed E-state index contributed by atoms with van der Waals surface area (Å²) in [5.74, 6) is -0.0523. The minimum Gasteiger partial charge on any atom is -0.358 e. The lowest BCUT2D eigenvalue weighted by Crippen LogP contribution is -2.50. The Morgan fingerprint density at radius 3 is 2.50 bits per heavy atom. The fourth-order valence-electron chi connectivity index (χ4n) is 1.97. The number of likely N-dealkylation sites (N-methyl/N-ethyl adjacent to an activating group) is 1. The first kappa shape index (κ1) is 15.9. The first-order valence-electron chi connectivity index (χ1n) is 6.12. The molecule has 1 aliphatic heterocycles. The SMILES string of the molecule is CNC(=O)CN1CCN(S(=O)(=O)c2ccc(Br)s2)CC1. The van der Waals surface area contributed by atoms with Crippen LogP contribution in [0.1, 0.15) is 0 Å². The van der Waals surface area contributed by atoms with E-state index in [2.05, 4.69) is 21.2 Å². The largest absolute Gasteiger partial charge is 0.358 e. The summed E-state index contributed by atoms with van der Waals surface area (Å²) in [4.78, 5) is 13.2. The molecule has 1 saturated heterocycles. The number of nitrogens with one attached hydrogen (secondary N) is 1. The van der Waals surface area contributed by atoms with Gasteiger partial charge in [0.15, 0.2) is 0 Å². The summed E-state index contributed by atoms with van der Waals surface area (Å²) in [5, 5.41) is 2.57. The van der Waals surface area contributed by atoms with Crippen LogP contribution in [0.4, 0.5) is 0 Å². The zero-order chi connectivity index (χ0) is 14.8. The van der Waals surface area contributed by atoms with E-state index >= 15 is 0 Å². The lowest BCUT2D eigenvalue weighted by Gasteiger charge is -2.33. The molecule has 1 aromatic rings. The summed E-state index contributed by atoms with van der Waals surface area (Å²) in [6.45, 7) is 2.27. The van der Waals surface area contributed by atoms with Gasteiger partial charge in [-0.2, -0.15) is 4.31 Å². The van der Waals surface area contributed by atoms with Crippen LogP contribution in [0.5, 0.6) is 0 Å². The van der Waals surface area contributed by atoms with Crippen molar-refractivity contribution in [3.63, 3.8) is 0 Å². The topological polar surface area (TPSA) is 69.7 Å². The fraction of sp³-hybridized carbons (Fsp3) is 0.545. The highest BCUT2D eigenvalue weighted by molar-refractivity contribution is 9.11. The van der Waals surface area contributed by atoms with Crippen molar-refractivity contribution in [3.05, 3.63) is 15.9 Å². The minimum absolute atomic E-state index is 0.0523. The second kappa shape index (κ2) is 6.52. The van der Waals surface area contributed by atoms with E-state index in [1.54, 1.807) is 19.2 Å². The van der Waals surface area contributed by atoms with Gasteiger partial charge in [0.2, 0.25) is 5.91 Å². The van der Waals surface area contributed by atoms with E-state index in [0.717, 1.165) is 3.79 Å². The molecule has 1 N–H and O–H groups in total. The maximum atomic E-state index is 12.4. The molecule has 0 atom stereocenters. The molecule has 0 aliphatic carbocycles. The van der Waals surface area contributed by atoms with Gasteiger partial charge in [-0.15, -0.1) is 11.3 Å². The molecule has 0 radical (unpaired) electrons. The Morgan fingerprint density at radius 2 is 2.00 bits per heavy atom. The Labute approximate surface area is 130 Å². The number of thiophene rings is 1. The summed E-state index contributed by atoms with van der Waals surface area (Å²) < 4.78 is 27.4. The molecule has 1 aliphatic rings. The zero-order valence-corrected chi connectivity index (χ0v) is 14.2. The highest BCUT2D eigenvalue weighted by Crippen LogP contribution is 2.28. The third-order valence-corrected chi connectivity index (χ3v) is 7.11. The second-order valence-corrected chi connectivity index (χ2v) is 9.04. The molecule has 0 unspecified atom stereocenters. The Kier molecular flexibility index (Phi) is 5.19. The summed E-state index contributed by atoms with van der Waals surface area (Å²) in [5.41, 5.74) is 0.